The normalized spacial score (nSPS) is 30.7. The van der Waals surface area contributed by atoms with E-state index < -0.39 is 0 Å². The maximum atomic E-state index is 12.6. The minimum Gasteiger partial charge on any atom is -0.456 e. The molecule has 3 atom stereocenters. The van der Waals surface area contributed by atoms with E-state index in [0.29, 0.717) is 25.5 Å². The molecule has 0 bridgehead atoms. The quantitative estimate of drug-likeness (QED) is 0.893. The van der Waals surface area contributed by atoms with Crippen LogP contribution in [0.25, 0.3) is 0 Å². The molecule has 3 rings (SSSR count). The predicted octanol–water partition coefficient (Wildman–Crippen LogP) is 1.59. The van der Waals surface area contributed by atoms with E-state index in [9.17, 15) is 9.90 Å². The van der Waals surface area contributed by atoms with Gasteiger partial charge < -0.3 is 19.2 Å². The smallest absolute Gasteiger partial charge is 0.289 e. The van der Waals surface area contributed by atoms with Crippen molar-refractivity contribution in [3.8, 4) is 0 Å². The molecule has 1 aromatic heterocycles. The third kappa shape index (κ3) is 2.47. The molecule has 0 spiro atoms. The number of furan rings is 1. The van der Waals surface area contributed by atoms with Crippen LogP contribution in [0.5, 0.6) is 0 Å². The Morgan fingerprint density at radius 3 is 2.90 bits per heavy atom. The van der Waals surface area contributed by atoms with Gasteiger partial charge in [-0.1, -0.05) is 6.42 Å². The Morgan fingerprint density at radius 2 is 2.25 bits per heavy atom. The molecule has 2 fully saturated rings. The van der Waals surface area contributed by atoms with Crippen molar-refractivity contribution in [2.75, 3.05) is 19.8 Å². The van der Waals surface area contributed by atoms with Gasteiger partial charge in [-0.3, -0.25) is 4.79 Å². The van der Waals surface area contributed by atoms with Crippen molar-refractivity contribution in [3.63, 3.8) is 0 Å². The number of morpholine rings is 1. The van der Waals surface area contributed by atoms with Crippen molar-refractivity contribution in [2.45, 2.75) is 38.3 Å². The van der Waals surface area contributed by atoms with Crippen LogP contribution in [0.15, 0.2) is 16.5 Å². The molecule has 2 heterocycles. The van der Waals surface area contributed by atoms with Crippen LogP contribution in [-0.2, 0) is 4.74 Å². The maximum absolute atomic E-state index is 12.6. The lowest BCUT2D eigenvalue weighted by Crippen LogP contribution is -2.53. The number of aryl methyl sites for hydroxylation is 1. The molecule has 3 unspecified atom stereocenters. The monoisotopic (exact) mass is 279 g/mol. The average Bonchev–Trinajstić information content (AvgIpc) is 3.07. The fourth-order valence-corrected chi connectivity index (χ4v) is 3.34. The fraction of sp³-hybridized carbons (Fsp3) is 0.667. The second-order valence-electron chi connectivity index (χ2n) is 5.71. The lowest BCUT2D eigenvalue weighted by molar-refractivity contribution is -0.0394. The maximum Gasteiger partial charge on any atom is 0.289 e. The minimum absolute atomic E-state index is 0.0424. The van der Waals surface area contributed by atoms with E-state index in [4.69, 9.17) is 9.15 Å². The zero-order chi connectivity index (χ0) is 14.1. The Balaban J connectivity index is 1.79. The van der Waals surface area contributed by atoms with Gasteiger partial charge in [-0.05, 0) is 31.9 Å². The zero-order valence-electron chi connectivity index (χ0n) is 11.7. The first kappa shape index (κ1) is 13.6. The largest absolute Gasteiger partial charge is 0.456 e. The molecule has 1 saturated heterocycles. The molecule has 1 saturated carbocycles. The molecule has 20 heavy (non-hydrogen) atoms. The van der Waals surface area contributed by atoms with Crippen molar-refractivity contribution in [3.05, 3.63) is 23.7 Å². The van der Waals surface area contributed by atoms with E-state index in [2.05, 4.69) is 0 Å². The van der Waals surface area contributed by atoms with Gasteiger partial charge >= 0.3 is 0 Å². The number of hydrogen-bond donors (Lipinski definition) is 1. The molecule has 1 amide bonds. The Hall–Kier alpha value is -1.33. The van der Waals surface area contributed by atoms with Gasteiger partial charge in [-0.2, -0.15) is 0 Å². The molecule has 0 aromatic carbocycles. The molecule has 1 aliphatic carbocycles. The second kappa shape index (κ2) is 5.58. The molecular formula is C15H21NO4. The van der Waals surface area contributed by atoms with Gasteiger partial charge in [0.2, 0.25) is 0 Å². The molecule has 110 valence electrons. The van der Waals surface area contributed by atoms with Crippen LogP contribution in [-0.4, -0.2) is 47.8 Å². The topological polar surface area (TPSA) is 62.9 Å². The number of aliphatic hydroxyl groups is 1. The van der Waals surface area contributed by atoms with Crippen LogP contribution in [0.3, 0.4) is 0 Å². The van der Waals surface area contributed by atoms with Gasteiger partial charge in [0.1, 0.15) is 5.76 Å². The summed E-state index contributed by atoms with van der Waals surface area (Å²) in [6.07, 6.45) is 2.47. The van der Waals surface area contributed by atoms with Crippen LogP contribution >= 0.6 is 0 Å². The first-order valence-electron chi connectivity index (χ1n) is 7.30. The van der Waals surface area contributed by atoms with E-state index in [1.54, 1.807) is 12.1 Å². The lowest BCUT2D eigenvalue weighted by atomic mass is 9.94. The summed E-state index contributed by atoms with van der Waals surface area (Å²) >= 11 is 0. The van der Waals surface area contributed by atoms with Crippen LogP contribution < -0.4 is 0 Å². The number of nitrogens with zero attached hydrogens (tertiary/aromatic N) is 1. The third-order valence-corrected chi connectivity index (χ3v) is 4.40. The molecule has 1 N–H and O–H groups in total. The first-order chi connectivity index (χ1) is 9.66. The van der Waals surface area contributed by atoms with E-state index >= 15 is 0 Å². The number of aliphatic hydroxyl groups excluding tert-OH is 1. The van der Waals surface area contributed by atoms with E-state index in [0.717, 1.165) is 25.0 Å². The van der Waals surface area contributed by atoms with Crippen LogP contribution in [0.4, 0.5) is 0 Å². The summed E-state index contributed by atoms with van der Waals surface area (Å²) in [7, 11) is 0. The van der Waals surface area contributed by atoms with Gasteiger partial charge in [0.05, 0.1) is 25.4 Å². The van der Waals surface area contributed by atoms with Gasteiger partial charge in [0, 0.05) is 12.5 Å². The van der Waals surface area contributed by atoms with Crippen LogP contribution in [0, 0.1) is 12.8 Å². The summed E-state index contributed by atoms with van der Waals surface area (Å²) < 4.78 is 11.0. The Bertz CT molecular complexity index is 484. The highest BCUT2D eigenvalue weighted by Crippen LogP contribution is 2.32. The van der Waals surface area contributed by atoms with Crippen LogP contribution in [0.1, 0.15) is 35.6 Å². The van der Waals surface area contributed by atoms with E-state index in [1.807, 2.05) is 11.8 Å². The summed E-state index contributed by atoms with van der Waals surface area (Å²) in [4.78, 5) is 14.4. The highest BCUT2D eigenvalue weighted by atomic mass is 16.5. The van der Waals surface area contributed by atoms with Crippen LogP contribution in [0.2, 0.25) is 0 Å². The highest BCUT2D eigenvalue weighted by molar-refractivity contribution is 5.91. The summed E-state index contributed by atoms with van der Waals surface area (Å²) in [6.45, 7) is 3.44. The average molecular weight is 279 g/mol. The molecule has 0 radical (unpaired) electrons. The predicted molar refractivity (Wildman–Crippen MR) is 72.4 cm³/mol. The molecule has 5 nitrogen and oxygen atoms in total. The molecule has 2 aliphatic rings. The standard InChI is InChI=1S/C15H21NO4/c1-10-5-6-14(20-10)15(18)16-7-8-19-9-12(16)11-3-2-4-13(11)17/h5-6,11-13,17H,2-4,7-9H2,1H3. The summed E-state index contributed by atoms with van der Waals surface area (Å²) in [6, 6.07) is 3.47. The minimum atomic E-state index is -0.324. The summed E-state index contributed by atoms with van der Waals surface area (Å²) in [5, 5.41) is 10.1. The van der Waals surface area contributed by atoms with Gasteiger partial charge in [0.15, 0.2) is 5.76 Å². The lowest BCUT2D eigenvalue weighted by Gasteiger charge is -2.39. The van der Waals surface area contributed by atoms with Crippen molar-refractivity contribution in [2.24, 2.45) is 5.92 Å². The van der Waals surface area contributed by atoms with Crippen molar-refractivity contribution < 1.29 is 19.1 Å². The molecule has 1 aromatic rings. The zero-order valence-corrected chi connectivity index (χ0v) is 11.7. The number of rotatable bonds is 2. The highest BCUT2D eigenvalue weighted by Gasteiger charge is 2.40. The molecular weight excluding hydrogens is 258 g/mol. The number of carbonyl (C=O) groups excluding carboxylic acids is 1. The number of amides is 1. The van der Waals surface area contributed by atoms with Crippen molar-refractivity contribution in [1.29, 1.82) is 0 Å². The Labute approximate surface area is 118 Å². The van der Waals surface area contributed by atoms with Gasteiger partial charge in [0.25, 0.3) is 5.91 Å². The van der Waals surface area contributed by atoms with Gasteiger partial charge in [-0.25, -0.2) is 0 Å². The fourth-order valence-electron chi connectivity index (χ4n) is 3.34. The van der Waals surface area contributed by atoms with Crippen molar-refractivity contribution in [1.82, 2.24) is 4.90 Å². The van der Waals surface area contributed by atoms with Crippen molar-refractivity contribution >= 4 is 5.91 Å². The molecule has 1 aliphatic heterocycles. The molecule has 5 heteroatoms. The first-order valence-corrected chi connectivity index (χ1v) is 7.30. The number of carbonyl (C=O) groups is 1. The second-order valence-corrected chi connectivity index (χ2v) is 5.71. The Kier molecular flexibility index (Phi) is 3.81. The summed E-state index contributed by atoms with van der Waals surface area (Å²) in [5.74, 6) is 1.14. The number of hydrogen-bond acceptors (Lipinski definition) is 4. The van der Waals surface area contributed by atoms with Gasteiger partial charge in [-0.15, -0.1) is 0 Å². The SMILES string of the molecule is Cc1ccc(C(=O)N2CCOCC2C2CCCC2O)o1. The van der Waals surface area contributed by atoms with E-state index in [1.165, 1.54) is 0 Å². The Morgan fingerprint density at radius 1 is 1.40 bits per heavy atom. The summed E-state index contributed by atoms with van der Waals surface area (Å²) in [5.41, 5.74) is 0. The van der Waals surface area contributed by atoms with E-state index in [-0.39, 0.29) is 24.0 Å². The third-order valence-electron chi connectivity index (χ3n) is 4.40. The number of ether oxygens (including phenoxy) is 1.